The predicted octanol–water partition coefficient (Wildman–Crippen LogP) is 2.51. The first-order valence-corrected chi connectivity index (χ1v) is 5.54. The van der Waals surface area contributed by atoms with Crippen LogP contribution in [-0.2, 0) is 0 Å². The van der Waals surface area contributed by atoms with Crippen LogP contribution < -0.4 is 4.90 Å². The van der Waals surface area contributed by atoms with E-state index in [4.69, 9.17) is 11.6 Å². The zero-order valence-corrected chi connectivity index (χ0v) is 10.5. The molecule has 2 rings (SSSR count). The molecule has 5 heteroatoms. The second-order valence-electron chi connectivity index (χ2n) is 3.53. The Balaban J connectivity index is 2.34. The average Bonchev–Trinajstić information content (AvgIpc) is 2.83. The van der Waals surface area contributed by atoms with Crippen LogP contribution in [0.15, 0.2) is 48.0 Å². The second kappa shape index (κ2) is 5.01. The summed E-state index contributed by atoms with van der Waals surface area (Å²) in [5.74, 6) is 0.782. The van der Waals surface area contributed by atoms with Crippen molar-refractivity contribution < 1.29 is 0 Å². The lowest BCUT2D eigenvalue weighted by molar-refractivity contribution is 1.04. The van der Waals surface area contributed by atoms with E-state index in [9.17, 15) is 0 Å². The number of benzene rings is 1. The highest BCUT2D eigenvalue weighted by molar-refractivity contribution is 6.30. The van der Waals surface area contributed by atoms with Gasteiger partial charge in [-0.05, 0) is 18.2 Å². The minimum absolute atomic E-state index is 0.704. The van der Waals surface area contributed by atoms with Crippen molar-refractivity contribution in [2.24, 2.45) is 4.99 Å². The normalized spacial score (nSPS) is 11.6. The number of halogens is 1. The Morgan fingerprint density at radius 1 is 1.47 bits per heavy atom. The molecule has 0 saturated carbocycles. The molecule has 2 aromatic rings. The Bertz CT molecular complexity index is 519. The molecule has 0 atom stereocenters. The minimum atomic E-state index is 0.704. The Kier molecular flexibility index (Phi) is 3.44. The standard InChI is InChI=1S/C12H13ClN4/c1-14-12(17-7-6-15-9-17)16(2)11-5-3-4-10(13)8-11/h3-9H,1-2H3. The number of aliphatic imine (C=N–C) groups is 1. The van der Waals surface area contributed by atoms with E-state index in [0.29, 0.717) is 5.02 Å². The summed E-state index contributed by atoms with van der Waals surface area (Å²) in [5.41, 5.74) is 0.979. The SMILES string of the molecule is CN=C(N(C)c1cccc(Cl)c1)n1ccnc1. The van der Waals surface area contributed by atoms with E-state index in [1.165, 1.54) is 0 Å². The van der Waals surface area contributed by atoms with Crippen LogP contribution in [0, 0.1) is 0 Å². The minimum Gasteiger partial charge on any atom is -0.315 e. The van der Waals surface area contributed by atoms with E-state index in [1.807, 2.05) is 47.0 Å². The number of hydrogen-bond donors (Lipinski definition) is 0. The average molecular weight is 249 g/mol. The summed E-state index contributed by atoms with van der Waals surface area (Å²) < 4.78 is 1.85. The molecule has 0 bridgehead atoms. The Morgan fingerprint density at radius 2 is 2.29 bits per heavy atom. The predicted molar refractivity (Wildman–Crippen MR) is 70.8 cm³/mol. The molecule has 0 radical (unpaired) electrons. The molecule has 1 heterocycles. The molecule has 0 amide bonds. The lowest BCUT2D eigenvalue weighted by Gasteiger charge is -2.21. The van der Waals surface area contributed by atoms with Crippen molar-refractivity contribution in [2.75, 3.05) is 19.0 Å². The van der Waals surface area contributed by atoms with Crippen LogP contribution in [0.5, 0.6) is 0 Å². The molecule has 1 aromatic heterocycles. The molecule has 4 nitrogen and oxygen atoms in total. The van der Waals surface area contributed by atoms with Gasteiger partial charge in [-0.25, -0.2) is 4.98 Å². The summed E-state index contributed by atoms with van der Waals surface area (Å²) in [6, 6.07) is 7.63. The molecule has 0 saturated heterocycles. The molecule has 17 heavy (non-hydrogen) atoms. The maximum atomic E-state index is 5.98. The van der Waals surface area contributed by atoms with Gasteiger partial charge in [0, 0.05) is 37.2 Å². The van der Waals surface area contributed by atoms with Gasteiger partial charge in [-0.2, -0.15) is 0 Å². The van der Waals surface area contributed by atoms with Crippen molar-refractivity contribution in [3.8, 4) is 0 Å². The molecular formula is C12H13ClN4. The summed E-state index contributed by atoms with van der Waals surface area (Å²) >= 11 is 5.98. The number of hydrogen-bond acceptors (Lipinski definition) is 2. The molecule has 0 aliphatic rings. The molecule has 1 aromatic carbocycles. The molecule has 0 aliphatic heterocycles. The number of rotatable bonds is 1. The highest BCUT2D eigenvalue weighted by atomic mass is 35.5. The Labute approximate surface area is 105 Å². The highest BCUT2D eigenvalue weighted by Crippen LogP contribution is 2.18. The number of aromatic nitrogens is 2. The van der Waals surface area contributed by atoms with Crippen LogP contribution in [0.2, 0.25) is 5.02 Å². The number of imidazole rings is 1. The zero-order valence-electron chi connectivity index (χ0n) is 9.71. The van der Waals surface area contributed by atoms with Crippen molar-refractivity contribution in [3.63, 3.8) is 0 Å². The second-order valence-corrected chi connectivity index (χ2v) is 3.97. The van der Waals surface area contributed by atoms with Crippen molar-refractivity contribution in [1.82, 2.24) is 9.55 Å². The van der Waals surface area contributed by atoms with E-state index in [-0.39, 0.29) is 0 Å². The van der Waals surface area contributed by atoms with Crippen LogP contribution in [0.1, 0.15) is 0 Å². The first kappa shape index (κ1) is 11.7. The van der Waals surface area contributed by atoms with Crippen molar-refractivity contribution in [3.05, 3.63) is 48.0 Å². The van der Waals surface area contributed by atoms with E-state index in [1.54, 1.807) is 19.6 Å². The van der Waals surface area contributed by atoms with Gasteiger partial charge < -0.3 is 4.90 Å². The van der Waals surface area contributed by atoms with Crippen molar-refractivity contribution in [1.29, 1.82) is 0 Å². The van der Waals surface area contributed by atoms with Crippen LogP contribution in [0.4, 0.5) is 5.69 Å². The fourth-order valence-corrected chi connectivity index (χ4v) is 1.80. The quantitative estimate of drug-likeness (QED) is 0.574. The molecule has 0 N–H and O–H groups in total. The van der Waals surface area contributed by atoms with E-state index < -0.39 is 0 Å². The van der Waals surface area contributed by atoms with E-state index >= 15 is 0 Å². The Morgan fingerprint density at radius 3 is 2.88 bits per heavy atom. The van der Waals surface area contributed by atoms with Gasteiger partial charge >= 0.3 is 0 Å². The van der Waals surface area contributed by atoms with Gasteiger partial charge in [-0.15, -0.1) is 0 Å². The monoisotopic (exact) mass is 248 g/mol. The third kappa shape index (κ3) is 2.47. The van der Waals surface area contributed by atoms with Crippen molar-refractivity contribution >= 4 is 23.2 Å². The number of anilines is 1. The third-order valence-corrected chi connectivity index (χ3v) is 2.67. The summed E-state index contributed by atoms with van der Waals surface area (Å²) in [6.45, 7) is 0. The van der Waals surface area contributed by atoms with Gasteiger partial charge in [0.25, 0.3) is 0 Å². The summed E-state index contributed by atoms with van der Waals surface area (Å²) in [6.07, 6.45) is 5.28. The third-order valence-electron chi connectivity index (χ3n) is 2.43. The maximum absolute atomic E-state index is 5.98. The van der Waals surface area contributed by atoms with Gasteiger partial charge in [0.15, 0.2) is 0 Å². The largest absolute Gasteiger partial charge is 0.315 e. The lowest BCUT2D eigenvalue weighted by atomic mass is 10.3. The number of nitrogens with zero attached hydrogens (tertiary/aromatic N) is 4. The van der Waals surface area contributed by atoms with E-state index in [0.717, 1.165) is 11.6 Å². The molecule has 0 spiro atoms. The maximum Gasteiger partial charge on any atom is 0.210 e. The highest BCUT2D eigenvalue weighted by Gasteiger charge is 2.09. The van der Waals surface area contributed by atoms with Crippen LogP contribution in [0.25, 0.3) is 0 Å². The fraction of sp³-hybridized carbons (Fsp3) is 0.167. The fourth-order valence-electron chi connectivity index (χ4n) is 1.62. The lowest BCUT2D eigenvalue weighted by Crippen LogP contribution is -2.31. The van der Waals surface area contributed by atoms with E-state index in [2.05, 4.69) is 9.98 Å². The van der Waals surface area contributed by atoms with Crippen LogP contribution in [-0.4, -0.2) is 29.6 Å². The summed E-state index contributed by atoms with van der Waals surface area (Å²) in [4.78, 5) is 10.2. The molecular weight excluding hydrogens is 236 g/mol. The van der Waals surface area contributed by atoms with Gasteiger partial charge in [-0.1, -0.05) is 17.7 Å². The topological polar surface area (TPSA) is 33.4 Å². The van der Waals surface area contributed by atoms with Gasteiger partial charge in [0.1, 0.15) is 6.33 Å². The summed E-state index contributed by atoms with van der Waals surface area (Å²) in [5, 5.41) is 0.704. The van der Waals surface area contributed by atoms with Gasteiger partial charge in [0.2, 0.25) is 5.96 Å². The first-order chi connectivity index (χ1) is 8.22. The summed E-state index contributed by atoms with van der Waals surface area (Å²) in [7, 11) is 3.68. The van der Waals surface area contributed by atoms with Gasteiger partial charge in [-0.3, -0.25) is 9.56 Å². The van der Waals surface area contributed by atoms with Crippen molar-refractivity contribution in [2.45, 2.75) is 0 Å². The van der Waals surface area contributed by atoms with Gasteiger partial charge in [0.05, 0.1) is 0 Å². The molecule has 88 valence electrons. The van der Waals surface area contributed by atoms with Crippen LogP contribution >= 0.6 is 11.6 Å². The Hall–Kier alpha value is -1.81. The molecule has 0 aliphatic carbocycles. The molecule has 0 unspecified atom stereocenters. The smallest absolute Gasteiger partial charge is 0.210 e. The van der Waals surface area contributed by atoms with Crippen LogP contribution in [0.3, 0.4) is 0 Å². The first-order valence-electron chi connectivity index (χ1n) is 5.17. The molecule has 0 fully saturated rings. The zero-order chi connectivity index (χ0) is 12.3.